The number of imidazole rings is 4. The molecular weight excluding hydrogens is 1760 g/mol. The number of benzene rings is 8. The molecule has 28 heteroatoms. The molecular formula is C108H104F12N12O4. The van der Waals surface area contributed by atoms with Crippen LogP contribution in [-0.2, 0) is 25.7 Å². The fourth-order valence-electron chi connectivity index (χ4n) is 16.9. The minimum Gasteiger partial charge on any atom is -0.308 e. The van der Waals surface area contributed by atoms with Crippen LogP contribution >= 0.6 is 0 Å². The van der Waals surface area contributed by atoms with Crippen molar-refractivity contribution in [3.63, 3.8) is 0 Å². The van der Waals surface area contributed by atoms with Gasteiger partial charge in [0.05, 0.1) is 72.3 Å². The molecule has 4 atom stereocenters. The fourth-order valence-corrected chi connectivity index (χ4v) is 16.9. The summed E-state index contributed by atoms with van der Waals surface area (Å²) >= 11 is 0. The van der Waals surface area contributed by atoms with Gasteiger partial charge in [-0.2, -0.15) is 0 Å². The molecule has 0 spiro atoms. The lowest BCUT2D eigenvalue weighted by atomic mass is 10.0. The third-order valence-electron chi connectivity index (χ3n) is 24.3. The van der Waals surface area contributed by atoms with Gasteiger partial charge < -0.3 is 36.5 Å². The van der Waals surface area contributed by atoms with Gasteiger partial charge in [0, 0.05) is 154 Å². The van der Waals surface area contributed by atoms with Crippen LogP contribution in [0, 0.1) is 106 Å². The Kier molecular flexibility index (Phi) is 30.9. The summed E-state index contributed by atoms with van der Waals surface area (Å²) in [5.41, 5.74) is 17.4. The third-order valence-corrected chi connectivity index (χ3v) is 24.3. The summed E-state index contributed by atoms with van der Waals surface area (Å²) < 4.78 is 179. The van der Waals surface area contributed by atoms with Gasteiger partial charge in [-0.1, -0.05) is 96.6 Å². The molecule has 0 saturated carbocycles. The summed E-state index contributed by atoms with van der Waals surface area (Å²) in [6.45, 7) is 29.0. The molecule has 8 heterocycles. The molecule has 0 unspecified atom stereocenters. The minimum absolute atomic E-state index is 0.132. The van der Waals surface area contributed by atoms with Crippen LogP contribution in [0.15, 0.2) is 264 Å². The van der Waals surface area contributed by atoms with Crippen molar-refractivity contribution >= 4 is 0 Å². The molecule has 0 radical (unpaired) electrons. The van der Waals surface area contributed by atoms with Crippen LogP contribution in [0.2, 0.25) is 0 Å². The predicted molar refractivity (Wildman–Crippen MR) is 506 cm³/mol. The average Bonchev–Trinajstić information content (AvgIpc) is 1.31. The lowest BCUT2D eigenvalue weighted by Gasteiger charge is -2.19. The average molecular weight is 1860 g/mol. The number of aryl methyl sites for hydroxylation is 11. The zero-order valence-corrected chi connectivity index (χ0v) is 78.1. The number of hydrogen-bond donors (Lipinski definition) is 0. The molecule has 16 aromatic rings. The van der Waals surface area contributed by atoms with E-state index in [1.807, 2.05) is 209 Å². The van der Waals surface area contributed by atoms with E-state index in [1.54, 1.807) is 78.1 Å². The number of halogens is 12. The summed E-state index contributed by atoms with van der Waals surface area (Å²) in [6.07, 6.45) is 9.11. The molecule has 16 rings (SSSR count). The van der Waals surface area contributed by atoms with Crippen LogP contribution < -0.4 is 22.2 Å². The Bertz CT molecular complexity index is 7290. The number of hydrogen-bond acceptors (Lipinski definition) is 8. The second kappa shape index (κ2) is 42.4. The molecule has 0 N–H and O–H groups in total. The summed E-state index contributed by atoms with van der Waals surface area (Å²) in [7, 11) is 0. The van der Waals surface area contributed by atoms with Gasteiger partial charge in [-0.15, -0.1) is 0 Å². The van der Waals surface area contributed by atoms with Crippen LogP contribution in [0.4, 0.5) is 52.7 Å². The zero-order chi connectivity index (χ0) is 98.3. The molecule has 0 aliphatic carbocycles. The molecule has 704 valence electrons. The first-order chi connectivity index (χ1) is 64.5. The smallest absolute Gasteiger partial charge is 0.265 e. The van der Waals surface area contributed by atoms with Crippen molar-refractivity contribution in [3.8, 4) is 22.7 Å². The highest BCUT2D eigenvalue weighted by molar-refractivity contribution is 5.50. The Morgan fingerprint density at radius 3 is 0.846 bits per heavy atom. The van der Waals surface area contributed by atoms with Crippen LogP contribution in [-0.4, -0.2) is 56.5 Å². The Morgan fingerprint density at radius 1 is 0.272 bits per heavy atom. The van der Waals surface area contributed by atoms with Crippen molar-refractivity contribution in [2.24, 2.45) is 0 Å². The van der Waals surface area contributed by atoms with Gasteiger partial charge in [-0.3, -0.25) is 19.2 Å². The van der Waals surface area contributed by atoms with E-state index < -0.39 is 78.2 Å². The van der Waals surface area contributed by atoms with Crippen molar-refractivity contribution in [3.05, 3.63) is 466 Å². The first-order valence-electron chi connectivity index (χ1n) is 44.1. The van der Waals surface area contributed by atoms with Crippen molar-refractivity contribution in [2.75, 3.05) is 0 Å². The molecule has 16 nitrogen and oxygen atoms in total. The van der Waals surface area contributed by atoms with E-state index in [4.69, 9.17) is 0 Å². The molecule has 0 aliphatic heterocycles. The number of alkyl halides is 8. The molecule has 0 saturated heterocycles. The van der Waals surface area contributed by atoms with Crippen LogP contribution in [0.25, 0.3) is 22.7 Å². The van der Waals surface area contributed by atoms with E-state index in [0.717, 1.165) is 136 Å². The molecule has 8 aromatic carbocycles. The van der Waals surface area contributed by atoms with Crippen LogP contribution in [0.1, 0.15) is 234 Å². The number of rotatable bonds is 24. The second-order valence-corrected chi connectivity index (χ2v) is 34.9. The molecule has 0 bridgehead atoms. The lowest BCUT2D eigenvalue weighted by Crippen LogP contribution is -2.28. The zero-order valence-electron chi connectivity index (χ0n) is 78.1. The van der Waals surface area contributed by atoms with E-state index >= 15 is 0 Å². The Balaban J connectivity index is 0.000000153. The molecule has 0 aliphatic rings. The van der Waals surface area contributed by atoms with E-state index in [1.165, 1.54) is 75.5 Å². The largest absolute Gasteiger partial charge is 0.308 e. The Hall–Kier alpha value is -14.4. The predicted octanol–water partition coefficient (Wildman–Crippen LogP) is 24.9. The highest BCUT2D eigenvalue weighted by atomic mass is 19.3. The first-order valence-corrected chi connectivity index (χ1v) is 44.1. The normalized spacial score (nSPS) is 12.4. The molecule has 0 amide bonds. The summed E-state index contributed by atoms with van der Waals surface area (Å²) in [5, 5.41) is 0. The highest BCUT2D eigenvalue weighted by Crippen LogP contribution is 2.34. The quantitative estimate of drug-likeness (QED) is 0.0541. The molecule has 8 aromatic heterocycles. The highest BCUT2D eigenvalue weighted by Gasteiger charge is 2.27. The van der Waals surface area contributed by atoms with E-state index in [0.29, 0.717) is 16.7 Å². The number of pyridine rings is 4. The van der Waals surface area contributed by atoms with E-state index in [9.17, 15) is 71.9 Å². The van der Waals surface area contributed by atoms with Gasteiger partial charge in [0.2, 0.25) is 0 Å². The minimum atomic E-state index is -2.81. The van der Waals surface area contributed by atoms with Crippen molar-refractivity contribution < 1.29 is 52.7 Å². The summed E-state index contributed by atoms with van der Waals surface area (Å²) in [6, 6.07) is 44.8. The molecule has 136 heavy (non-hydrogen) atoms. The van der Waals surface area contributed by atoms with Crippen molar-refractivity contribution in [1.82, 2.24) is 56.5 Å². The maximum Gasteiger partial charge on any atom is 0.265 e. The monoisotopic (exact) mass is 1860 g/mol. The summed E-state index contributed by atoms with van der Waals surface area (Å²) in [5.74, 6) is -2.41. The third kappa shape index (κ3) is 23.3. The fraction of sp³-hybridized carbons (Fsp3) is 0.259. The Morgan fingerprint density at radius 2 is 0.566 bits per heavy atom. The number of aromatic nitrogens is 12. The SMILES string of the molecule is Cc1cc(F)cc([C@H](C)n2cc(C(F)F)cc(Cc3ccc(-n4cnc(C)c4)c(C)c3)c2=O)c1.Cc1ccc([C@H](C)n2cc(C(F)F)cc(Cc3ccc(-n4cnc(C)c4)c(C)c3)c2=O)c(F)c1.Cc1cccc([C@H](C)n2cc(C(F)F)cc(Cc3ccc(-n4cnc(C)c4)c(C)c3)c2=O)c1.Cc1cn(-c2ccc(Cc3cc(C(F)F)cn([C@@H](C)c4cc(F)c(C)c(F)c4)c3=O)cc2C)cn1. The molecule has 0 fully saturated rings. The van der Waals surface area contributed by atoms with Gasteiger partial charge in [0.1, 0.15) is 23.3 Å². The van der Waals surface area contributed by atoms with E-state index in [-0.39, 0.29) is 98.5 Å². The van der Waals surface area contributed by atoms with E-state index in [2.05, 4.69) is 19.9 Å². The first kappa shape index (κ1) is 99.0. The topological polar surface area (TPSA) is 159 Å². The second-order valence-electron chi connectivity index (χ2n) is 34.9. The Labute approximate surface area is 779 Å². The lowest BCUT2D eigenvalue weighted by molar-refractivity contribution is 0.149. The van der Waals surface area contributed by atoms with Crippen LogP contribution in [0.3, 0.4) is 0 Å². The maximum absolute atomic E-state index is 14.6. The van der Waals surface area contributed by atoms with Gasteiger partial charge >= 0.3 is 0 Å². The van der Waals surface area contributed by atoms with Gasteiger partial charge in [-0.05, 0) is 262 Å². The van der Waals surface area contributed by atoms with Gasteiger partial charge in [0.25, 0.3) is 47.9 Å². The summed E-state index contributed by atoms with van der Waals surface area (Å²) in [4.78, 5) is 70.2. The number of nitrogens with zero attached hydrogens (tertiary/aromatic N) is 12. The van der Waals surface area contributed by atoms with Crippen LogP contribution in [0.5, 0.6) is 0 Å². The van der Waals surface area contributed by atoms with Gasteiger partial charge in [-0.25, -0.2) is 72.6 Å². The maximum atomic E-state index is 14.6. The van der Waals surface area contributed by atoms with Crippen molar-refractivity contribution in [1.29, 1.82) is 0 Å². The van der Waals surface area contributed by atoms with Gasteiger partial charge in [0.15, 0.2) is 0 Å². The van der Waals surface area contributed by atoms with Crippen molar-refractivity contribution in [2.45, 2.75) is 186 Å². The standard InChI is InChI=1S/C27H25F4N3O.2C27H26F3N3O.C27H27F2N3O/c1-15-7-19(5-6-25(15)33-12-16(2)32-14-33)8-21-9-22(26(30)31)13-34(27(21)35)18(4)20-10-23(28)17(3)24(29)11-20;1-16-5-7-23(24(28)9-16)19(4)33-14-22(26(29)30)12-21(27(33)34)11-20-6-8-25(17(2)10-20)32-13-18(3)31-15-32;1-16-7-21(12-24(28)8-16)19(4)33-14-23(26(29)30)11-22(27(33)34)10-20-5-6-25(17(2)9-20)32-13-18(3)31-15-32;1-17-6-5-7-22(10-17)20(4)32-15-24(26(28)29)13-23(27(32)33)12-21-8-9-25(18(2)11-21)31-14-19(3)30-16-31/h5-7,9-14,18,26H,8H2,1-4H3;5-10,12-15,19,26H,11H2,1-4H3;5-9,11-15,19,26H,10H2,1-4H3;5-11,13-16,20,26H,12H2,1-4H3/t18-;2*19-;20-/m0000/s1.